The zero-order valence-corrected chi connectivity index (χ0v) is 12.9. The second kappa shape index (κ2) is 5.93. The van der Waals surface area contributed by atoms with Crippen LogP contribution in [0.3, 0.4) is 0 Å². The summed E-state index contributed by atoms with van der Waals surface area (Å²) >= 11 is 0. The number of halogens is 4. The molecule has 0 unspecified atom stereocenters. The van der Waals surface area contributed by atoms with E-state index in [2.05, 4.69) is 15.3 Å². The van der Waals surface area contributed by atoms with E-state index in [1.54, 1.807) is 12.3 Å². The van der Waals surface area contributed by atoms with E-state index in [9.17, 15) is 17.6 Å². The van der Waals surface area contributed by atoms with Crippen LogP contribution < -0.4 is 5.32 Å². The third kappa shape index (κ3) is 2.87. The summed E-state index contributed by atoms with van der Waals surface area (Å²) < 4.78 is 53.1. The minimum absolute atomic E-state index is 0.420. The lowest BCUT2D eigenvalue weighted by Crippen LogP contribution is -2.12. The van der Waals surface area contributed by atoms with Crippen molar-refractivity contribution in [3.05, 3.63) is 71.1 Å². The molecule has 2 aromatic carbocycles. The zero-order chi connectivity index (χ0) is 17.6. The van der Waals surface area contributed by atoms with Gasteiger partial charge in [0, 0.05) is 58.9 Å². The van der Waals surface area contributed by atoms with E-state index in [1.807, 2.05) is 0 Å². The fraction of sp³-hybridized carbons (Fsp3) is 0.111. The number of nitrogens with one attached hydrogen (secondary N) is 3. The first-order valence-electron chi connectivity index (χ1n) is 7.63. The Balaban J connectivity index is 1.50. The van der Waals surface area contributed by atoms with Gasteiger partial charge in [-0.2, -0.15) is 0 Å². The highest BCUT2D eigenvalue weighted by molar-refractivity contribution is 5.83. The van der Waals surface area contributed by atoms with Crippen LogP contribution in [-0.2, 0) is 13.1 Å². The van der Waals surface area contributed by atoms with Gasteiger partial charge in [-0.1, -0.05) is 0 Å². The van der Waals surface area contributed by atoms with Gasteiger partial charge in [0.2, 0.25) is 0 Å². The summed E-state index contributed by atoms with van der Waals surface area (Å²) in [5, 5.41) is 4.35. The van der Waals surface area contributed by atoms with E-state index in [1.165, 1.54) is 0 Å². The Labute approximate surface area is 139 Å². The van der Waals surface area contributed by atoms with Crippen LogP contribution in [0.15, 0.2) is 36.5 Å². The van der Waals surface area contributed by atoms with Gasteiger partial charge in [-0.15, -0.1) is 0 Å². The normalized spacial score (nSPS) is 11.7. The van der Waals surface area contributed by atoms with Crippen LogP contribution in [0.4, 0.5) is 17.6 Å². The molecule has 0 fully saturated rings. The van der Waals surface area contributed by atoms with E-state index in [4.69, 9.17) is 0 Å². The van der Waals surface area contributed by atoms with Crippen molar-refractivity contribution in [1.29, 1.82) is 0 Å². The number of hydrogen-bond acceptors (Lipinski definition) is 1. The smallest absolute Gasteiger partial charge is 0.160 e. The average molecular weight is 347 g/mol. The Morgan fingerprint density at radius 2 is 1.44 bits per heavy atom. The highest BCUT2D eigenvalue weighted by Gasteiger charge is 2.10. The van der Waals surface area contributed by atoms with Crippen molar-refractivity contribution in [2.75, 3.05) is 0 Å². The highest BCUT2D eigenvalue weighted by atomic mass is 19.2. The molecule has 2 aromatic heterocycles. The first-order chi connectivity index (χ1) is 12.0. The van der Waals surface area contributed by atoms with Gasteiger partial charge in [0.15, 0.2) is 23.3 Å². The lowest BCUT2D eigenvalue weighted by molar-refractivity contribution is 0.510. The molecule has 0 aliphatic carbocycles. The maximum atomic E-state index is 13.4. The molecule has 0 spiro atoms. The summed E-state index contributed by atoms with van der Waals surface area (Å²) in [6.07, 6.45) is 1.69. The molecule has 25 heavy (non-hydrogen) atoms. The van der Waals surface area contributed by atoms with Crippen molar-refractivity contribution in [2.45, 2.75) is 13.1 Å². The number of aromatic amines is 2. The molecule has 0 atom stereocenters. The molecule has 128 valence electrons. The molecule has 0 aliphatic heterocycles. The fourth-order valence-corrected chi connectivity index (χ4v) is 2.93. The number of hydrogen-bond donors (Lipinski definition) is 3. The van der Waals surface area contributed by atoms with Gasteiger partial charge in [0.05, 0.1) is 0 Å². The predicted molar refractivity (Wildman–Crippen MR) is 87.0 cm³/mol. The number of fused-ring (bicyclic) bond motifs is 2. The van der Waals surface area contributed by atoms with Crippen molar-refractivity contribution < 1.29 is 17.6 Å². The first kappa shape index (κ1) is 15.7. The van der Waals surface area contributed by atoms with Crippen LogP contribution in [0.25, 0.3) is 21.8 Å². The van der Waals surface area contributed by atoms with Crippen molar-refractivity contribution >= 4 is 21.8 Å². The molecule has 0 aliphatic rings. The first-order valence-corrected chi connectivity index (χ1v) is 7.63. The van der Waals surface area contributed by atoms with Gasteiger partial charge in [0.25, 0.3) is 0 Å². The van der Waals surface area contributed by atoms with Crippen LogP contribution in [0.1, 0.15) is 11.3 Å². The average Bonchev–Trinajstić information content (AvgIpc) is 3.13. The van der Waals surface area contributed by atoms with Gasteiger partial charge in [0.1, 0.15) is 0 Å². The largest absolute Gasteiger partial charge is 0.361 e. The van der Waals surface area contributed by atoms with Crippen molar-refractivity contribution in [3.63, 3.8) is 0 Å². The standard InChI is InChI=1S/C18H13F4N3/c19-13-2-9-1-11(25-17(9)4-15(13)21)8-23-6-10-7-24-18-5-16(22)14(20)3-12(10)18/h1-5,7,23-25H,6,8H2. The topological polar surface area (TPSA) is 43.6 Å². The maximum absolute atomic E-state index is 13.4. The molecular weight excluding hydrogens is 334 g/mol. The Morgan fingerprint density at radius 3 is 2.24 bits per heavy atom. The minimum Gasteiger partial charge on any atom is -0.361 e. The van der Waals surface area contributed by atoms with E-state index in [0.717, 1.165) is 35.5 Å². The van der Waals surface area contributed by atoms with E-state index < -0.39 is 23.3 Å². The molecule has 4 aromatic rings. The van der Waals surface area contributed by atoms with Crippen LogP contribution in [-0.4, -0.2) is 9.97 Å². The lowest BCUT2D eigenvalue weighted by Gasteiger charge is -2.03. The minimum atomic E-state index is -0.901. The third-order valence-corrected chi connectivity index (χ3v) is 4.16. The molecule has 0 saturated heterocycles. The number of H-pyrrole nitrogens is 2. The second-order valence-corrected chi connectivity index (χ2v) is 5.88. The highest BCUT2D eigenvalue weighted by Crippen LogP contribution is 2.22. The molecule has 0 bridgehead atoms. The predicted octanol–water partition coefficient (Wildman–Crippen LogP) is 4.50. The molecule has 7 heteroatoms. The van der Waals surface area contributed by atoms with Gasteiger partial charge in [-0.05, 0) is 23.8 Å². The zero-order valence-electron chi connectivity index (χ0n) is 12.9. The SMILES string of the molecule is Fc1cc2cc(CNCc3c[nH]c4cc(F)c(F)cc34)[nH]c2cc1F. The Morgan fingerprint density at radius 1 is 0.760 bits per heavy atom. The Kier molecular flexibility index (Phi) is 3.73. The van der Waals surface area contributed by atoms with Crippen LogP contribution in [0, 0.1) is 23.3 Å². The maximum Gasteiger partial charge on any atom is 0.160 e. The number of benzene rings is 2. The molecule has 2 heterocycles. The van der Waals surface area contributed by atoms with Gasteiger partial charge in [-0.25, -0.2) is 17.6 Å². The van der Waals surface area contributed by atoms with Gasteiger partial charge in [-0.3, -0.25) is 0 Å². The quantitative estimate of drug-likeness (QED) is 0.468. The molecule has 0 saturated carbocycles. The van der Waals surface area contributed by atoms with Crippen LogP contribution >= 0.6 is 0 Å². The van der Waals surface area contributed by atoms with Crippen molar-refractivity contribution in [1.82, 2.24) is 15.3 Å². The van der Waals surface area contributed by atoms with Crippen LogP contribution in [0.5, 0.6) is 0 Å². The van der Waals surface area contributed by atoms with Gasteiger partial charge < -0.3 is 15.3 Å². The van der Waals surface area contributed by atoms with Crippen molar-refractivity contribution in [3.8, 4) is 0 Å². The van der Waals surface area contributed by atoms with E-state index in [0.29, 0.717) is 34.9 Å². The molecule has 3 N–H and O–H groups in total. The Hall–Kier alpha value is -2.80. The summed E-state index contributed by atoms with van der Waals surface area (Å²) in [4.78, 5) is 5.91. The lowest BCUT2D eigenvalue weighted by atomic mass is 10.1. The molecule has 3 nitrogen and oxygen atoms in total. The third-order valence-electron chi connectivity index (χ3n) is 4.16. The summed E-state index contributed by atoms with van der Waals surface area (Å²) in [5.74, 6) is -3.58. The summed E-state index contributed by atoms with van der Waals surface area (Å²) in [6, 6.07) is 6.27. The molecule has 4 rings (SSSR count). The summed E-state index contributed by atoms with van der Waals surface area (Å²) in [6.45, 7) is 0.845. The molecule has 0 radical (unpaired) electrons. The second-order valence-electron chi connectivity index (χ2n) is 5.88. The fourth-order valence-electron chi connectivity index (χ4n) is 2.93. The van der Waals surface area contributed by atoms with Crippen LogP contribution in [0.2, 0.25) is 0 Å². The number of rotatable bonds is 4. The molecular formula is C18H13F4N3. The summed E-state index contributed by atoms with van der Waals surface area (Å²) in [5.41, 5.74) is 2.59. The Bertz CT molecular complexity index is 1040. The number of aromatic nitrogens is 2. The van der Waals surface area contributed by atoms with E-state index >= 15 is 0 Å². The summed E-state index contributed by atoms with van der Waals surface area (Å²) in [7, 11) is 0. The molecule has 0 amide bonds. The monoisotopic (exact) mass is 347 g/mol. The van der Waals surface area contributed by atoms with Crippen molar-refractivity contribution in [2.24, 2.45) is 0 Å². The van der Waals surface area contributed by atoms with Gasteiger partial charge >= 0.3 is 0 Å². The van der Waals surface area contributed by atoms with E-state index in [-0.39, 0.29) is 0 Å².